The van der Waals surface area contributed by atoms with E-state index in [1.807, 2.05) is 42.5 Å². The Morgan fingerprint density at radius 2 is 1.43 bits per heavy atom. The summed E-state index contributed by atoms with van der Waals surface area (Å²) in [7, 11) is 3.17. The molecule has 3 aromatic rings. The Hall–Kier alpha value is -3.73. The molecule has 3 aromatic carbocycles. The molecule has 0 radical (unpaired) electrons. The molecule has 0 bridgehead atoms. The quantitative estimate of drug-likeness (QED) is 0.317. The fourth-order valence-electron chi connectivity index (χ4n) is 3.90. The van der Waals surface area contributed by atoms with Crippen LogP contribution in [0.2, 0.25) is 0 Å². The van der Waals surface area contributed by atoms with E-state index in [0.717, 1.165) is 27.9 Å². The van der Waals surface area contributed by atoms with Gasteiger partial charge >= 0.3 is 0 Å². The van der Waals surface area contributed by atoms with E-state index >= 15 is 0 Å². The van der Waals surface area contributed by atoms with E-state index in [0.29, 0.717) is 35.7 Å². The van der Waals surface area contributed by atoms with Gasteiger partial charge in [0, 0.05) is 11.8 Å². The molecule has 35 heavy (non-hydrogen) atoms. The van der Waals surface area contributed by atoms with Crippen LogP contribution >= 0.6 is 0 Å². The topological polar surface area (TPSA) is 56.8 Å². The lowest BCUT2D eigenvalue weighted by molar-refractivity contribution is -0.111. The summed E-state index contributed by atoms with van der Waals surface area (Å²) in [4.78, 5) is 12.9. The molecular formula is C30H35NO4. The molecule has 5 nitrogen and oxygen atoms in total. The third kappa shape index (κ3) is 6.66. The third-order valence-electron chi connectivity index (χ3n) is 5.76. The predicted molar refractivity (Wildman–Crippen MR) is 143 cm³/mol. The van der Waals surface area contributed by atoms with Gasteiger partial charge < -0.3 is 19.5 Å². The Bertz CT molecular complexity index is 1110. The molecule has 0 unspecified atom stereocenters. The van der Waals surface area contributed by atoms with Crippen LogP contribution < -0.4 is 19.5 Å². The van der Waals surface area contributed by atoms with Crippen molar-refractivity contribution in [3.8, 4) is 17.2 Å². The molecule has 0 aliphatic rings. The van der Waals surface area contributed by atoms with E-state index in [1.165, 1.54) is 6.08 Å². The highest BCUT2D eigenvalue weighted by molar-refractivity contribution is 6.03. The highest BCUT2D eigenvalue weighted by atomic mass is 16.5. The zero-order chi connectivity index (χ0) is 25.4. The molecule has 0 aliphatic heterocycles. The van der Waals surface area contributed by atoms with Crippen molar-refractivity contribution in [2.75, 3.05) is 19.5 Å². The maximum Gasteiger partial charge on any atom is 0.248 e. The van der Waals surface area contributed by atoms with Crippen LogP contribution in [0.15, 0.2) is 66.7 Å². The van der Waals surface area contributed by atoms with Crippen molar-refractivity contribution in [1.82, 2.24) is 0 Å². The maximum absolute atomic E-state index is 12.9. The number of carbonyl (C=O) groups excluding carboxylic acids is 1. The normalized spacial score (nSPS) is 11.2. The van der Waals surface area contributed by atoms with Gasteiger partial charge in [-0.1, -0.05) is 76.2 Å². The number of ether oxygens (including phenoxy) is 3. The molecule has 184 valence electrons. The van der Waals surface area contributed by atoms with E-state index < -0.39 is 0 Å². The number of nitrogens with one attached hydrogen (secondary N) is 1. The first kappa shape index (κ1) is 25.9. The minimum atomic E-state index is -0.192. The lowest BCUT2D eigenvalue weighted by Crippen LogP contribution is -2.13. The van der Waals surface area contributed by atoms with Crippen LogP contribution in [0.4, 0.5) is 5.69 Å². The molecule has 0 aliphatic carbocycles. The minimum absolute atomic E-state index is 0.192. The maximum atomic E-state index is 12.9. The van der Waals surface area contributed by atoms with Gasteiger partial charge in [0.1, 0.15) is 6.61 Å². The first-order chi connectivity index (χ1) is 16.8. The molecule has 1 N–H and O–H groups in total. The summed E-state index contributed by atoms with van der Waals surface area (Å²) in [5.41, 5.74) is 4.95. The van der Waals surface area contributed by atoms with Crippen LogP contribution in [0.25, 0.3) is 6.08 Å². The lowest BCUT2D eigenvalue weighted by Gasteiger charge is -2.19. The van der Waals surface area contributed by atoms with Crippen LogP contribution in [0.1, 0.15) is 61.8 Å². The van der Waals surface area contributed by atoms with Crippen molar-refractivity contribution in [1.29, 1.82) is 0 Å². The largest absolute Gasteiger partial charge is 0.493 e. The second-order valence-electron chi connectivity index (χ2n) is 8.97. The zero-order valence-electron chi connectivity index (χ0n) is 21.4. The Labute approximate surface area is 208 Å². The summed E-state index contributed by atoms with van der Waals surface area (Å²) < 4.78 is 17.1. The fraction of sp³-hybridized carbons (Fsp3) is 0.300. The highest BCUT2D eigenvalue weighted by Crippen LogP contribution is 2.39. The first-order valence-corrected chi connectivity index (χ1v) is 11.9. The summed E-state index contributed by atoms with van der Waals surface area (Å²) in [5.74, 6) is 1.99. The number of hydrogen-bond donors (Lipinski definition) is 1. The first-order valence-electron chi connectivity index (χ1n) is 11.9. The number of rotatable bonds is 10. The molecular weight excluding hydrogens is 438 g/mol. The van der Waals surface area contributed by atoms with Crippen molar-refractivity contribution < 1.29 is 19.0 Å². The zero-order valence-corrected chi connectivity index (χ0v) is 21.4. The summed E-state index contributed by atoms with van der Waals surface area (Å²) in [6.07, 6.45) is 3.27. The molecule has 1 amide bonds. The second-order valence-corrected chi connectivity index (χ2v) is 8.97. The van der Waals surface area contributed by atoms with E-state index in [-0.39, 0.29) is 5.91 Å². The van der Waals surface area contributed by atoms with Gasteiger partial charge in [-0.25, -0.2) is 0 Å². The van der Waals surface area contributed by atoms with Gasteiger partial charge in [0.15, 0.2) is 11.5 Å². The molecule has 5 heteroatoms. The van der Waals surface area contributed by atoms with Crippen molar-refractivity contribution in [2.24, 2.45) is 0 Å². The number of anilines is 1. The van der Waals surface area contributed by atoms with Gasteiger partial charge in [-0.05, 0) is 52.3 Å². The Balaban J connectivity index is 1.82. The summed E-state index contributed by atoms with van der Waals surface area (Å²) in [6, 6.07) is 19.7. The van der Waals surface area contributed by atoms with Gasteiger partial charge in [-0.15, -0.1) is 0 Å². The lowest BCUT2D eigenvalue weighted by atomic mass is 9.92. The smallest absolute Gasteiger partial charge is 0.248 e. The van der Waals surface area contributed by atoms with E-state index in [4.69, 9.17) is 14.2 Å². The van der Waals surface area contributed by atoms with Crippen molar-refractivity contribution >= 4 is 17.7 Å². The van der Waals surface area contributed by atoms with Gasteiger partial charge in [0.05, 0.1) is 14.2 Å². The Kier molecular flexibility index (Phi) is 8.96. The van der Waals surface area contributed by atoms with Crippen molar-refractivity contribution in [3.05, 3.63) is 89.0 Å². The number of para-hydroxylation sites is 1. The number of carbonyl (C=O) groups is 1. The molecule has 0 atom stereocenters. The molecule has 0 saturated heterocycles. The molecule has 0 spiro atoms. The molecule has 0 heterocycles. The van der Waals surface area contributed by atoms with Crippen molar-refractivity contribution in [3.63, 3.8) is 0 Å². The average molecular weight is 474 g/mol. The summed E-state index contributed by atoms with van der Waals surface area (Å²) >= 11 is 0. The van der Waals surface area contributed by atoms with E-state index in [9.17, 15) is 4.79 Å². The van der Waals surface area contributed by atoms with Crippen LogP contribution in [-0.2, 0) is 11.4 Å². The van der Waals surface area contributed by atoms with Crippen molar-refractivity contribution in [2.45, 2.75) is 46.1 Å². The highest BCUT2D eigenvalue weighted by Gasteiger charge is 2.16. The molecule has 3 rings (SSSR count). The average Bonchev–Trinajstić information content (AvgIpc) is 2.86. The van der Waals surface area contributed by atoms with Gasteiger partial charge in [0.25, 0.3) is 0 Å². The monoisotopic (exact) mass is 473 g/mol. The van der Waals surface area contributed by atoms with Crippen LogP contribution in [-0.4, -0.2) is 20.1 Å². The molecule has 0 saturated carbocycles. The summed E-state index contributed by atoms with van der Waals surface area (Å²) in [6.45, 7) is 8.91. The minimum Gasteiger partial charge on any atom is -0.493 e. The van der Waals surface area contributed by atoms with Crippen LogP contribution in [0.3, 0.4) is 0 Å². The number of benzene rings is 3. The molecule has 0 aromatic heterocycles. The second kappa shape index (κ2) is 12.1. The number of amides is 1. The van der Waals surface area contributed by atoms with Gasteiger partial charge in [0.2, 0.25) is 11.7 Å². The predicted octanol–water partition coefficient (Wildman–Crippen LogP) is 7.18. The van der Waals surface area contributed by atoms with Crippen LogP contribution in [0.5, 0.6) is 17.2 Å². The standard InChI is InChI=1S/C30H35NO4/c1-20(2)24-13-10-14-25(21(3)4)29(24)31-28(32)16-15-23-17-26(33-5)30(27(18-23)34-6)35-19-22-11-8-7-9-12-22/h7-18,20-21H,19H2,1-6H3,(H,31,32). The third-order valence-corrected chi connectivity index (χ3v) is 5.76. The number of hydrogen-bond acceptors (Lipinski definition) is 4. The van der Waals surface area contributed by atoms with E-state index in [1.54, 1.807) is 20.3 Å². The Morgan fingerprint density at radius 1 is 0.857 bits per heavy atom. The van der Waals surface area contributed by atoms with E-state index in [2.05, 4.69) is 51.2 Å². The van der Waals surface area contributed by atoms with Gasteiger partial charge in [-0.2, -0.15) is 0 Å². The fourth-order valence-corrected chi connectivity index (χ4v) is 3.90. The number of methoxy groups -OCH3 is 2. The SMILES string of the molecule is COc1cc(C=CC(=O)Nc2c(C(C)C)cccc2C(C)C)cc(OC)c1OCc1ccccc1. The van der Waals surface area contributed by atoms with Crippen LogP contribution in [0, 0.1) is 0 Å². The summed E-state index contributed by atoms with van der Waals surface area (Å²) in [5, 5.41) is 3.11. The molecule has 0 fully saturated rings. The van der Waals surface area contributed by atoms with Gasteiger partial charge in [-0.3, -0.25) is 4.79 Å². The Morgan fingerprint density at radius 3 is 1.94 bits per heavy atom.